The SMILES string of the molecule is O=C(CCc1nc2ccccc2c(=O)[nH]1)NCc1nnnn1-c1ccccc1. The molecule has 4 aromatic rings. The number of aromatic amines is 1. The van der Waals surface area contributed by atoms with E-state index in [-0.39, 0.29) is 24.4 Å². The molecular formula is C19H17N7O2. The van der Waals surface area contributed by atoms with Gasteiger partial charge in [-0.05, 0) is 34.7 Å². The van der Waals surface area contributed by atoms with Gasteiger partial charge in [0, 0.05) is 12.8 Å². The van der Waals surface area contributed by atoms with Crippen LogP contribution in [0.15, 0.2) is 59.4 Å². The summed E-state index contributed by atoms with van der Waals surface area (Å²) in [7, 11) is 0. The Balaban J connectivity index is 1.37. The topological polar surface area (TPSA) is 118 Å². The third kappa shape index (κ3) is 3.78. The number of nitrogens with zero attached hydrogens (tertiary/aromatic N) is 5. The third-order valence-electron chi connectivity index (χ3n) is 4.23. The van der Waals surface area contributed by atoms with Gasteiger partial charge >= 0.3 is 0 Å². The van der Waals surface area contributed by atoms with Gasteiger partial charge in [0.15, 0.2) is 5.82 Å². The molecule has 0 radical (unpaired) electrons. The monoisotopic (exact) mass is 375 g/mol. The van der Waals surface area contributed by atoms with Crippen molar-refractivity contribution in [1.82, 2.24) is 35.5 Å². The number of benzene rings is 2. The summed E-state index contributed by atoms with van der Waals surface area (Å²) in [6.45, 7) is 0.197. The average molecular weight is 375 g/mol. The highest BCUT2D eigenvalue weighted by atomic mass is 16.1. The molecule has 0 saturated carbocycles. The number of carbonyl (C=O) groups excluding carboxylic acids is 1. The smallest absolute Gasteiger partial charge is 0.258 e. The third-order valence-corrected chi connectivity index (χ3v) is 4.23. The number of rotatable bonds is 6. The van der Waals surface area contributed by atoms with Crippen molar-refractivity contribution in [3.63, 3.8) is 0 Å². The van der Waals surface area contributed by atoms with Crippen molar-refractivity contribution in [3.8, 4) is 5.69 Å². The van der Waals surface area contributed by atoms with Crippen LogP contribution in [0.5, 0.6) is 0 Å². The van der Waals surface area contributed by atoms with Crippen LogP contribution in [0.1, 0.15) is 18.1 Å². The van der Waals surface area contributed by atoms with Crippen molar-refractivity contribution in [2.24, 2.45) is 0 Å². The first-order chi connectivity index (χ1) is 13.7. The first kappa shape index (κ1) is 17.5. The predicted molar refractivity (Wildman–Crippen MR) is 102 cm³/mol. The van der Waals surface area contributed by atoms with Crippen LogP contribution in [0.25, 0.3) is 16.6 Å². The van der Waals surface area contributed by atoms with Crippen LogP contribution in [-0.2, 0) is 17.8 Å². The molecule has 0 atom stereocenters. The van der Waals surface area contributed by atoms with Gasteiger partial charge in [0.2, 0.25) is 5.91 Å². The zero-order valence-corrected chi connectivity index (χ0v) is 14.9. The lowest BCUT2D eigenvalue weighted by atomic mass is 10.2. The zero-order valence-electron chi connectivity index (χ0n) is 14.9. The fourth-order valence-electron chi connectivity index (χ4n) is 2.84. The van der Waals surface area contributed by atoms with Crippen molar-refractivity contribution in [3.05, 3.63) is 76.6 Å². The second kappa shape index (κ2) is 7.78. The van der Waals surface area contributed by atoms with Crippen LogP contribution < -0.4 is 10.9 Å². The molecule has 0 aliphatic carbocycles. The maximum atomic E-state index is 12.2. The molecule has 4 rings (SSSR count). The number of amides is 1. The molecule has 0 unspecified atom stereocenters. The van der Waals surface area contributed by atoms with Crippen LogP contribution in [0.3, 0.4) is 0 Å². The summed E-state index contributed by atoms with van der Waals surface area (Å²) in [4.78, 5) is 31.4. The minimum atomic E-state index is -0.206. The van der Waals surface area contributed by atoms with E-state index >= 15 is 0 Å². The molecule has 140 valence electrons. The number of hydrogen-bond acceptors (Lipinski definition) is 6. The number of carbonyl (C=O) groups is 1. The molecule has 28 heavy (non-hydrogen) atoms. The van der Waals surface area contributed by atoms with Crippen LogP contribution in [0.2, 0.25) is 0 Å². The van der Waals surface area contributed by atoms with E-state index in [0.29, 0.717) is 29.0 Å². The lowest BCUT2D eigenvalue weighted by Gasteiger charge is -2.06. The van der Waals surface area contributed by atoms with Crippen molar-refractivity contribution < 1.29 is 4.79 Å². The lowest BCUT2D eigenvalue weighted by molar-refractivity contribution is -0.121. The van der Waals surface area contributed by atoms with Gasteiger partial charge in [0.1, 0.15) is 5.82 Å². The van der Waals surface area contributed by atoms with Crippen molar-refractivity contribution >= 4 is 16.8 Å². The number of hydrogen-bond donors (Lipinski definition) is 2. The highest BCUT2D eigenvalue weighted by Crippen LogP contribution is 2.08. The molecule has 1 amide bonds. The summed E-state index contributed by atoms with van der Waals surface area (Å²) in [5.74, 6) is 0.822. The Morgan fingerprint density at radius 2 is 1.86 bits per heavy atom. The molecule has 0 bridgehead atoms. The second-order valence-electron chi connectivity index (χ2n) is 6.15. The Morgan fingerprint density at radius 3 is 2.71 bits per heavy atom. The van der Waals surface area contributed by atoms with E-state index in [9.17, 15) is 9.59 Å². The predicted octanol–water partition coefficient (Wildman–Crippen LogP) is 1.15. The zero-order chi connectivity index (χ0) is 19.3. The van der Waals surface area contributed by atoms with Crippen LogP contribution in [-0.4, -0.2) is 36.1 Å². The second-order valence-corrected chi connectivity index (χ2v) is 6.15. The number of fused-ring (bicyclic) bond motifs is 1. The maximum Gasteiger partial charge on any atom is 0.258 e. The largest absolute Gasteiger partial charge is 0.349 e. The van der Waals surface area contributed by atoms with Crippen LogP contribution >= 0.6 is 0 Å². The van der Waals surface area contributed by atoms with E-state index < -0.39 is 0 Å². The Morgan fingerprint density at radius 1 is 1.07 bits per heavy atom. The quantitative estimate of drug-likeness (QED) is 0.522. The summed E-state index contributed by atoms with van der Waals surface area (Å²) in [6.07, 6.45) is 0.518. The molecule has 9 nitrogen and oxygen atoms in total. The molecular weight excluding hydrogens is 358 g/mol. The van der Waals surface area contributed by atoms with Crippen molar-refractivity contribution in [2.45, 2.75) is 19.4 Å². The summed E-state index contributed by atoms with van der Waals surface area (Å²) in [5.41, 5.74) is 1.22. The highest BCUT2D eigenvalue weighted by molar-refractivity contribution is 5.78. The first-order valence-corrected chi connectivity index (χ1v) is 8.78. The van der Waals surface area contributed by atoms with Crippen molar-refractivity contribution in [2.75, 3.05) is 0 Å². The van der Waals surface area contributed by atoms with Crippen LogP contribution in [0.4, 0.5) is 0 Å². The summed E-state index contributed by atoms with van der Waals surface area (Å²) >= 11 is 0. The molecule has 0 fully saturated rings. The van der Waals surface area contributed by atoms with Gasteiger partial charge in [0.25, 0.3) is 5.56 Å². The minimum absolute atomic E-state index is 0.182. The Kier molecular flexibility index (Phi) is 4.87. The highest BCUT2D eigenvalue weighted by Gasteiger charge is 2.11. The number of nitrogens with one attached hydrogen (secondary N) is 2. The standard InChI is InChI=1S/C19H17N7O2/c27-18(11-10-16-21-15-9-5-4-8-14(15)19(28)22-16)20-12-17-23-24-25-26(17)13-6-2-1-3-7-13/h1-9H,10-12H2,(H,20,27)(H,21,22,28). The molecule has 0 aliphatic rings. The van der Waals surface area contributed by atoms with E-state index in [1.165, 1.54) is 0 Å². The van der Waals surface area contributed by atoms with Gasteiger partial charge in [-0.25, -0.2) is 4.98 Å². The number of H-pyrrole nitrogens is 1. The summed E-state index contributed by atoms with van der Waals surface area (Å²) in [6, 6.07) is 16.5. The van der Waals surface area contributed by atoms with E-state index in [1.54, 1.807) is 22.9 Å². The number of aromatic nitrogens is 6. The fraction of sp³-hybridized carbons (Fsp3) is 0.158. The van der Waals surface area contributed by atoms with Gasteiger partial charge in [0.05, 0.1) is 23.1 Å². The Bertz CT molecular complexity index is 1170. The molecule has 2 N–H and O–H groups in total. The normalized spacial score (nSPS) is 10.9. The number of para-hydroxylation sites is 2. The van der Waals surface area contributed by atoms with E-state index in [4.69, 9.17) is 0 Å². The van der Waals surface area contributed by atoms with Crippen molar-refractivity contribution in [1.29, 1.82) is 0 Å². The van der Waals surface area contributed by atoms with Crippen LogP contribution in [0, 0.1) is 0 Å². The lowest BCUT2D eigenvalue weighted by Crippen LogP contribution is -2.25. The van der Waals surface area contributed by atoms with E-state index in [2.05, 4.69) is 30.8 Å². The number of aryl methyl sites for hydroxylation is 1. The first-order valence-electron chi connectivity index (χ1n) is 8.78. The van der Waals surface area contributed by atoms with Gasteiger partial charge in [-0.15, -0.1) is 5.10 Å². The molecule has 2 aromatic carbocycles. The van der Waals surface area contributed by atoms with E-state index in [0.717, 1.165) is 5.69 Å². The maximum absolute atomic E-state index is 12.2. The van der Waals surface area contributed by atoms with Gasteiger partial charge in [-0.2, -0.15) is 4.68 Å². The molecule has 2 heterocycles. The molecule has 0 aliphatic heterocycles. The van der Waals surface area contributed by atoms with E-state index in [1.807, 2.05) is 36.4 Å². The fourth-order valence-corrected chi connectivity index (χ4v) is 2.84. The summed E-state index contributed by atoms with van der Waals surface area (Å²) in [5, 5.41) is 14.9. The molecule has 0 spiro atoms. The Labute approximate surface area is 159 Å². The molecule has 0 saturated heterocycles. The van der Waals surface area contributed by atoms with Gasteiger partial charge < -0.3 is 10.3 Å². The molecule has 9 heteroatoms. The Hall–Kier alpha value is -3.88. The van der Waals surface area contributed by atoms with Gasteiger partial charge in [-0.3, -0.25) is 9.59 Å². The number of tetrazole rings is 1. The molecule has 2 aromatic heterocycles. The minimum Gasteiger partial charge on any atom is -0.349 e. The van der Waals surface area contributed by atoms with Gasteiger partial charge in [-0.1, -0.05) is 30.3 Å². The summed E-state index contributed by atoms with van der Waals surface area (Å²) < 4.78 is 1.57. The average Bonchev–Trinajstić information content (AvgIpc) is 3.20.